The zero-order valence-corrected chi connectivity index (χ0v) is 17.0. The number of rotatable bonds is 7. The van der Waals surface area contributed by atoms with Crippen LogP contribution in [0.2, 0.25) is 0 Å². The van der Waals surface area contributed by atoms with Crippen LogP contribution in [0.1, 0.15) is 31.9 Å². The number of carbonyl (C=O) groups is 1. The lowest BCUT2D eigenvalue weighted by atomic mass is 9.88. The molecule has 15 heteroatoms. The van der Waals surface area contributed by atoms with Gasteiger partial charge in [-0.1, -0.05) is 0 Å². The number of ether oxygens (including phenoxy) is 2. The van der Waals surface area contributed by atoms with E-state index < -0.39 is 57.6 Å². The van der Waals surface area contributed by atoms with Gasteiger partial charge in [0.1, 0.15) is 18.1 Å². The van der Waals surface area contributed by atoms with Gasteiger partial charge in [0.15, 0.2) is 0 Å². The Morgan fingerprint density at radius 1 is 1.26 bits per heavy atom. The summed E-state index contributed by atoms with van der Waals surface area (Å²) >= 11 is 0. The second-order valence-corrected chi connectivity index (χ2v) is 8.02. The third-order valence-electron chi connectivity index (χ3n) is 4.26. The van der Waals surface area contributed by atoms with Gasteiger partial charge in [0.2, 0.25) is 5.88 Å². The lowest BCUT2D eigenvalue weighted by Crippen LogP contribution is -2.29. The highest BCUT2D eigenvalue weighted by atomic mass is 32.2. The third-order valence-corrected chi connectivity index (χ3v) is 5.25. The van der Waals surface area contributed by atoms with Gasteiger partial charge < -0.3 is 13.7 Å². The number of allylic oxidation sites excluding steroid dienone is 1. The molecule has 8 nitrogen and oxygen atoms in total. The van der Waals surface area contributed by atoms with E-state index >= 15 is 0 Å². The topological polar surface area (TPSA) is 96.7 Å². The van der Waals surface area contributed by atoms with Crippen LogP contribution < -0.4 is 4.74 Å². The van der Waals surface area contributed by atoms with Crippen molar-refractivity contribution in [3.8, 4) is 5.88 Å². The molecule has 0 aliphatic heterocycles. The molecule has 2 rings (SSSR count). The second-order valence-electron chi connectivity index (χ2n) is 6.48. The van der Waals surface area contributed by atoms with Crippen molar-refractivity contribution >= 4 is 16.1 Å². The molecule has 1 aromatic heterocycles. The zero-order valence-electron chi connectivity index (χ0n) is 16.2. The molecule has 1 atom stereocenters. The SMILES string of the molecule is CCOC(=O)C1CCC(OS(=O)(=O)C(F)(F)F)=C(COc2cc(C(F)(F)F)n(C)n2)C1. The first-order valence-corrected chi connectivity index (χ1v) is 10.2. The Bertz CT molecular complexity index is 951. The maximum Gasteiger partial charge on any atom is 0.534 e. The van der Waals surface area contributed by atoms with Crippen molar-refractivity contribution < 1.29 is 53.2 Å². The molecule has 1 aromatic rings. The molecule has 0 amide bonds. The minimum Gasteiger partial charge on any atom is -0.472 e. The molecule has 0 spiro atoms. The molecule has 0 saturated carbocycles. The molecule has 0 fully saturated rings. The standard InChI is InChI=1S/C16H18F6N2O6S/c1-3-28-14(25)9-4-5-11(30-31(26,27)16(20,21)22)10(6-9)8-29-13-7-12(15(17,18)19)24(2)23-13/h7,9H,3-6,8H2,1-2H3. The lowest BCUT2D eigenvalue weighted by molar-refractivity contribution is -0.148. The van der Waals surface area contributed by atoms with Crippen LogP contribution in [0, 0.1) is 5.92 Å². The van der Waals surface area contributed by atoms with Gasteiger partial charge in [-0.25, -0.2) is 0 Å². The van der Waals surface area contributed by atoms with E-state index in [1.165, 1.54) is 0 Å². The van der Waals surface area contributed by atoms with Crippen molar-refractivity contribution in [1.82, 2.24) is 9.78 Å². The molecule has 1 aliphatic carbocycles. The number of alkyl halides is 6. The number of halogens is 6. The van der Waals surface area contributed by atoms with Gasteiger partial charge in [-0.2, -0.15) is 34.8 Å². The molecular formula is C16H18F6N2O6S. The predicted octanol–water partition coefficient (Wildman–Crippen LogP) is 3.30. The highest BCUT2D eigenvalue weighted by Crippen LogP contribution is 2.36. The Hall–Kier alpha value is -2.45. The lowest BCUT2D eigenvalue weighted by Gasteiger charge is -2.25. The molecular weight excluding hydrogens is 462 g/mol. The van der Waals surface area contributed by atoms with Crippen molar-refractivity contribution in [2.45, 2.75) is 37.9 Å². The predicted molar refractivity (Wildman–Crippen MR) is 90.8 cm³/mol. The molecule has 0 saturated heterocycles. The largest absolute Gasteiger partial charge is 0.534 e. The Balaban J connectivity index is 2.28. The summed E-state index contributed by atoms with van der Waals surface area (Å²) in [6.45, 7) is 0.947. The first kappa shape index (κ1) is 24.8. The first-order chi connectivity index (χ1) is 14.2. The highest BCUT2D eigenvalue weighted by Gasteiger charge is 2.49. The fourth-order valence-electron chi connectivity index (χ4n) is 2.81. The van der Waals surface area contributed by atoms with Crippen molar-refractivity contribution in [2.24, 2.45) is 13.0 Å². The maximum absolute atomic E-state index is 12.9. The number of aryl methyl sites for hydroxylation is 1. The Morgan fingerprint density at radius 2 is 1.90 bits per heavy atom. The highest BCUT2D eigenvalue weighted by molar-refractivity contribution is 7.87. The molecule has 1 aliphatic rings. The summed E-state index contributed by atoms with van der Waals surface area (Å²) < 4.78 is 114. The summed E-state index contributed by atoms with van der Waals surface area (Å²) in [7, 11) is -4.97. The smallest absolute Gasteiger partial charge is 0.472 e. The van der Waals surface area contributed by atoms with Gasteiger partial charge in [0.05, 0.1) is 12.5 Å². The van der Waals surface area contributed by atoms with Crippen LogP contribution in [0.4, 0.5) is 26.3 Å². The van der Waals surface area contributed by atoms with Crippen molar-refractivity contribution in [3.05, 3.63) is 23.1 Å². The minimum absolute atomic E-state index is 0.0465. The van der Waals surface area contributed by atoms with E-state index in [4.69, 9.17) is 9.47 Å². The number of carbonyl (C=O) groups excluding carboxylic acids is 1. The van der Waals surface area contributed by atoms with E-state index in [0.717, 1.165) is 7.05 Å². The fourth-order valence-corrected chi connectivity index (χ4v) is 3.37. The fraction of sp³-hybridized carbons (Fsp3) is 0.625. The minimum atomic E-state index is -5.98. The summed E-state index contributed by atoms with van der Waals surface area (Å²) in [6.07, 6.45) is -5.39. The van der Waals surface area contributed by atoms with Crippen LogP contribution in [0.25, 0.3) is 0 Å². The van der Waals surface area contributed by atoms with E-state index in [-0.39, 0.29) is 31.4 Å². The molecule has 0 aromatic carbocycles. The average molecular weight is 480 g/mol. The molecule has 176 valence electrons. The monoisotopic (exact) mass is 480 g/mol. The van der Waals surface area contributed by atoms with Crippen molar-refractivity contribution in [2.75, 3.05) is 13.2 Å². The van der Waals surface area contributed by atoms with E-state index in [0.29, 0.717) is 10.7 Å². The number of esters is 1. The Morgan fingerprint density at radius 3 is 2.42 bits per heavy atom. The second kappa shape index (κ2) is 8.96. The average Bonchev–Trinajstić information content (AvgIpc) is 3.01. The molecule has 1 unspecified atom stereocenters. The molecule has 31 heavy (non-hydrogen) atoms. The van der Waals surface area contributed by atoms with Crippen LogP contribution in [-0.2, 0) is 37.1 Å². The van der Waals surface area contributed by atoms with Gasteiger partial charge in [-0.15, -0.1) is 5.10 Å². The third kappa shape index (κ3) is 6.04. The van der Waals surface area contributed by atoms with Gasteiger partial charge in [0, 0.05) is 25.1 Å². The van der Waals surface area contributed by atoms with Gasteiger partial charge in [0.25, 0.3) is 0 Å². The Labute approximate surface area is 172 Å². The summed E-state index contributed by atoms with van der Waals surface area (Å²) in [5, 5.41) is 3.51. The molecule has 0 bridgehead atoms. The van der Waals surface area contributed by atoms with E-state index in [1.807, 2.05) is 0 Å². The number of hydrogen-bond acceptors (Lipinski definition) is 7. The van der Waals surface area contributed by atoms with Gasteiger partial charge in [-0.3, -0.25) is 9.48 Å². The first-order valence-electron chi connectivity index (χ1n) is 8.78. The summed E-state index contributed by atoms with van der Waals surface area (Å²) in [4.78, 5) is 12.0. The van der Waals surface area contributed by atoms with Crippen LogP contribution in [-0.4, -0.2) is 42.9 Å². The van der Waals surface area contributed by atoms with Crippen molar-refractivity contribution in [3.63, 3.8) is 0 Å². The Kier molecular flexibility index (Phi) is 7.17. The van der Waals surface area contributed by atoms with Crippen LogP contribution in [0.3, 0.4) is 0 Å². The van der Waals surface area contributed by atoms with Crippen LogP contribution >= 0.6 is 0 Å². The summed E-state index contributed by atoms with van der Waals surface area (Å²) in [5.41, 5.74) is -6.97. The molecule has 0 radical (unpaired) electrons. The van der Waals surface area contributed by atoms with Crippen LogP contribution in [0.5, 0.6) is 5.88 Å². The molecule has 1 heterocycles. The normalized spacial score (nSPS) is 18.1. The zero-order chi connectivity index (χ0) is 23.6. The summed E-state index contributed by atoms with van der Waals surface area (Å²) in [6, 6.07) is 0.569. The summed E-state index contributed by atoms with van der Waals surface area (Å²) in [5.74, 6) is -2.56. The number of aromatic nitrogens is 2. The van der Waals surface area contributed by atoms with E-state index in [2.05, 4.69) is 9.28 Å². The van der Waals surface area contributed by atoms with E-state index in [1.54, 1.807) is 6.92 Å². The molecule has 0 N–H and O–H groups in total. The van der Waals surface area contributed by atoms with Gasteiger partial charge >= 0.3 is 27.8 Å². The van der Waals surface area contributed by atoms with E-state index in [9.17, 15) is 39.6 Å². The quantitative estimate of drug-likeness (QED) is 0.256. The van der Waals surface area contributed by atoms with Crippen molar-refractivity contribution in [1.29, 1.82) is 0 Å². The number of nitrogens with zero attached hydrogens (tertiary/aromatic N) is 2. The number of hydrogen-bond donors (Lipinski definition) is 0. The van der Waals surface area contributed by atoms with Crippen LogP contribution in [0.15, 0.2) is 17.4 Å². The van der Waals surface area contributed by atoms with Gasteiger partial charge in [-0.05, 0) is 19.8 Å². The maximum atomic E-state index is 12.9.